The molecule has 24 heavy (non-hydrogen) atoms. The highest BCUT2D eigenvalue weighted by atomic mass is 16.5. The summed E-state index contributed by atoms with van der Waals surface area (Å²) in [5.74, 6) is 0.644. The number of anilines is 1. The molecule has 0 bridgehead atoms. The second kappa shape index (κ2) is 8.42. The van der Waals surface area contributed by atoms with Gasteiger partial charge in [-0.3, -0.25) is 4.79 Å². The van der Waals surface area contributed by atoms with Gasteiger partial charge < -0.3 is 24.4 Å². The summed E-state index contributed by atoms with van der Waals surface area (Å²) in [4.78, 5) is 25.9. The van der Waals surface area contributed by atoms with Gasteiger partial charge in [0.2, 0.25) is 0 Å². The Morgan fingerprint density at radius 3 is 2.67 bits per heavy atom. The van der Waals surface area contributed by atoms with Gasteiger partial charge in [-0.15, -0.1) is 0 Å². The maximum Gasteiger partial charge on any atom is 0.321 e. The van der Waals surface area contributed by atoms with Crippen LogP contribution in [0, 0.1) is 5.92 Å². The van der Waals surface area contributed by atoms with Gasteiger partial charge >= 0.3 is 12.0 Å². The summed E-state index contributed by atoms with van der Waals surface area (Å²) in [5, 5.41) is 2.83. The number of urea groups is 1. The Hall–Kier alpha value is -2.44. The number of piperidine rings is 1. The summed E-state index contributed by atoms with van der Waals surface area (Å²) < 4.78 is 15.5. The Morgan fingerprint density at radius 2 is 2.00 bits per heavy atom. The van der Waals surface area contributed by atoms with Crippen molar-refractivity contribution in [1.82, 2.24) is 4.90 Å². The largest absolute Gasteiger partial charge is 0.493 e. The SMILES string of the molecule is CCOC(=O)C1CCCN(C(=O)Nc2ccc(OC)c(OC)c2)C1. The molecule has 1 unspecified atom stereocenters. The lowest BCUT2D eigenvalue weighted by Crippen LogP contribution is -2.44. The summed E-state index contributed by atoms with van der Waals surface area (Å²) in [7, 11) is 3.09. The fourth-order valence-electron chi connectivity index (χ4n) is 2.73. The molecule has 0 aromatic heterocycles. The van der Waals surface area contributed by atoms with Crippen LogP contribution in [0.2, 0.25) is 0 Å². The van der Waals surface area contributed by atoms with E-state index in [1.165, 1.54) is 7.11 Å². The number of nitrogens with zero attached hydrogens (tertiary/aromatic N) is 1. The molecule has 1 aromatic carbocycles. The first-order chi connectivity index (χ1) is 11.6. The normalized spacial score (nSPS) is 17.1. The third kappa shape index (κ3) is 4.31. The van der Waals surface area contributed by atoms with Crippen LogP contribution in [0.4, 0.5) is 10.5 Å². The van der Waals surface area contributed by atoms with Gasteiger partial charge in [0.1, 0.15) is 0 Å². The maximum atomic E-state index is 12.4. The lowest BCUT2D eigenvalue weighted by molar-refractivity contribution is -0.149. The Labute approximate surface area is 141 Å². The third-order valence-corrected chi connectivity index (χ3v) is 3.96. The first-order valence-electron chi connectivity index (χ1n) is 8.03. The van der Waals surface area contributed by atoms with Gasteiger partial charge in [0.15, 0.2) is 11.5 Å². The van der Waals surface area contributed by atoms with Gasteiger partial charge in [0, 0.05) is 24.8 Å². The van der Waals surface area contributed by atoms with E-state index in [1.54, 1.807) is 37.1 Å². The van der Waals surface area contributed by atoms with Crippen molar-refractivity contribution in [2.45, 2.75) is 19.8 Å². The second-order valence-electron chi connectivity index (χ2n) is 5.54. The molecule has 1 aromatic rings. The molecule has 1 fully saturated rings. The van der Waals surface area contributed by atoms with Crippen LogP contribution in [0.5, 0.6) is 11.5 Å². The Balaban J connectivity index is 2.00. The molecule has 0 radical (unpaired) electrons. The first kappa shape index (κ1) is 17.9. The number of hydrogen-bond donors (Lipinski definition) is 1. The van der Waals surface area contributed by atoms with Gasteiger partial charge in [-0.1, -0.05) is 0 Å². The average Bonchev–Trinajstić information content (AvgIpc) is 2.61. The number of amides is 2. The lowest BCUT2D eigenvalue weighted by atomic mass is 9.98. The zero-order chi connectivity index (χ0) is 17.5. The monoisotopic (exact) mass is 336 g/mol. The number of ether oxygens (including phenoxy) is 3. The van der Waals surface area contributed by atoms with E-state index in [4.69, 9.17) is 14.2 Å². The second-order valence-corrected chi connectivity index (χ2v) is 5.54. The van der Waals surface area contributed by atoms with Crippen LogP contribution in [0.15, 0.2) is 18.2 Å². The number of hydrogen-bond acceptors (Lipinski definition) is 5. The number of carbonyl (C=O) groups is 2. The van der Waals surface area contributed by atoms with Crippen LogP contribution in [-0.4, -0.2) is 50.8 Å². The minimum atomic E-state index is -0.255. The molecular weight excluding hydrogens is 312 g/mol. The average molecular weight is 336 g/mol. The lowest BCUT2D eigenvalue weighted by Gasteiger charge is -2.31. The van der Waals surface area contributed by atoms with Crippen LogP contribution in [0.3, 0.4) is 0 Å². The molecule has 0 saturated carbocycles. The van der Waals surface area contributed by atoms with Gasteiger partial charge in [-0.2, -0.15) is 0 Å². The summed E-state index contributed by atoms with van der Waals surface area (Å²) in [6.07, 6.45) is 1.53. The Bertz CT molecular complexity index is 590. The van der Waals surface area contributed by atoms with Crippen LogP contribution in [0.25, 0.3) is 0 Å². The van der Waals surface area contributed by atoms with Gasteiger partial charge in [0.25, 0.3) is 0 Å². The van der Waals surface area contributed by atoms with Gasteiger partial charge in [-0.05, 0) is 31.9 Å². The number of benzene rings is 1. The predicted molar refractivity (Wildman–Crippen MR) is 89.5 cm³/mol. The molecule has 7 heteroatoms. The van der Waals surface area contributed by atoms with E-state index in [1.807, 2.05) is 0 Å². The van der Waals surface area contributed by atoms with Crippen molar-refractivity contribution in [2.24, 2.45) is 5.92 Å². The van der Waals surface area contributed by atoms with Crippen molar-refractivity contribution in [2.75, 3.05) is 39.2 Å². The fraction of sp³-hybridized carbons (Fsp3) is 0.529. The van der Waals surface area contributed by atoms with Crippen molar-refractivity contribution in [3.8, 4) is 11.5 Å². The zero-order valence-corrected chi connectivity index (χ0v) is 14.3. The molecule has 132 valence electrons. The van der Waals surface area contributed by atoms with E-state index in [2.05, 4.69) is 5.32 Å². The summed E-state index contributed by atoms with van der Waals surface area (Å²) >= 11 is 0. The molecule has 1 aliphatic rings. The van der Waals surface area contributed by atoms with E-state index in [9.17, 15) is 9.59 Å². The molecule has 1 atom stereocenters. The molecule has 1 saturated heterocycles. The molecule has 0 aliphatic carbocycles. The van der Waals surface area contributed by atoms with Gasteiger partial charge in [0.05, 0.1) is 26.7 Å². The van der Waals surface area contributed by atoms with E-state index in [0.29, 0.717) is 36.9 Å². The highest BCUT2D eigenvalue weighted by molar-refractivity contribution is 5.90. The number of methoxy groups -OCH3 is 2. The minimum absolute atomic E-state index is 0.235. The third-order valence-electron chi connectivity index (χ3n) is 3.96. The van der Waals surface area contributed by atoms with Crippen molar-refractivity contribution >= 4 is 17.7 Å². The highest BCUT2D eigenvalue weighted by Crippen LogP contribution is 2.30. The van der Waals surface area contributed by atoms with Crippen molar-refractivity contribution in [3.05, 3.63) is 18.2 Å². The Morgan fingerprint density at radius 1 is 1.25 bits per heavy atom. The maximum absolute atomic E-state index is 12.4. The first-order valence-corrected chi connectivity index (χ1v) is 8.03. The summed E-state index contributed by atoms with van der Waals surface area (Å²) in [6.45, 7) is 3.13. The van der Waals surface area contributed by atoms with E-state index in [0.717, 1.165) is 12.8 Å². The van der Waals surface area contributed by atoms with E-state index >= 15 is 0 Å². The fourth-order valence-corrected chi connectivity index (χ4v) is 2.73. The zero-order valence-electron chi connectivity index (χ0n) is 14.3. The van der Waals surface area contributed by atoms with Crippen LogP contribution in [0.1, 0.15) is 19.8 Å². The standard InChI is InChI=1S/C17H24N2O5/c1-4-24-16(20)12-6-5-9-19(11-12)17(21)18-13-7-8-14(22-2)15(10-13)23-3/h7-8,10,12H,4-6,9,11H2,1-3H3,(H,18,21). The number of esters is 1. The van der Waals surface area contributed by atoms with Crippen LogP contribution >= 0.6 is 0 Å². The number of rotatable bonds is 5. The van der Waals surface area contributed by atoms with Crippen LogP contribution in [-0.2, 0) is 9.53 Å². The van der Waals surface area contributed by atoms with Crippen molar-refractivity contribution < 1.29 is 23.8 Å². The Kier molecular flexibility index (Phi) is 6.28. The number of likely N-dealkylation sites (tertiary alicyclic amines) is 1. The molecule has 2 rings (SSSR count). The number of carbonyl (C=O) groups excluding carboxylic acids is 2. The smallest absolute Gasteiger partial charge is 0.321 e. The molecule has 7 nitrogen and oxygen atoms in total. The summed E-state index contributed by atoms with van der Waals surface area (Å²) in [5.41, 5.74) is 0.607. The van der Waals surface area contributed by atoms with Gasteiger partial charge in [-0.25, -0.2) is 4.79 Å². The molecule has 1 heterocycles. The van der Waals surface area contributed by atoms with Crippen molar-refractivity contribution in [3.63, 3.8) is 0 Å². The highest BCUT2D eigenvalue weighted by Gasteiger charge is 2.29. The number of nitrogens with one attached hydrogen (secondary N) is 1. The topological polar surface area (TPSA) is 77.1 Å². The van der Waals surface area contributed by atoms with E-state index < -0.39 is 0 Å². The van der Waals surface area contributed by atoms with Crippen molar-refractivity contribution in [1.29, 1.82) is 0 Å². The molecular formula is C17H24N2O5. The molecule has 1 aliphatic heterocycles. The quantitative estimate of drug-likeness (QED) is 0.836. The molecule has 0 spiro atoms. The minimum Gasteiger partial charge on any atom is -0.493 e. The predicted octanol–water partition coefficient (Wildman–Crippen LogP) is 2.51. The molecule has 1 N–H and O–H groups in total. The van der Waals surface area contributed by atoms with Crippen LogP contribution < -0.4 is 14.8 Å². The van der Waals surface area contributed by atoms with E-state index in [-0.39, 0.29) is 17.9 Å². The summed E-state index contributed by atoms with van der Waals surface area (Å²) in [6, 6.07) is 4.93. The molecule has 2 amide bonds.